The van der Waals surface area contributed by atoms with E-state index in [1.807, 2.05) is 0 Å². The first kappa shape index (κ1) is 10.9. The van der Waals surface area contributed by atoms with Crippen molar-refractivity contribution < 1.29 is 4.74 Å². The summed E-state index contributed by atoms with van der Waals surface area (Å²) in [6.45, 7) is 6.02. The predicted molar refractivity (Wildman–Crippen MR) is 57.9 cm³/mol. The van der Waals surface area contributed by atoms with Crippen LogP contribution in [0.4, 0.5) is 0 Å². The molecular weight excluding hydrogens is 184 g/mol. The van der Waals surface area contributed by atoms with Gasteiger partial charge in [0.05, 0.1) is 17.7 Å². The third-order valence-corrected chi connectivity index (χ3v) is 2.56. The van der Waals surface area contributed by atoms with E-state index in [9.17, 15) is 0 Å². The minimum atomic E-state index is 0.403. The van der Waals surface area contributed by atoms with Gasteiger partial charge in [0.15, 0.2) is 0 Å². The molecule has 1 atom stereocenters. The predicted octanol–water partition coefficient (Wildman–Crippen LogP) is 0.773. The molecule has 0 saturated carbocycles. The smallest absolute Gasteiger partial charge is 0.0740 e. The van der Waals surface area contributed by atoms with E-state index < -0.39 is 0 Å². The number of nitrogens with zero attached hydrogens (tertiary/aromatic N) is 1. The Hall–Kier alpha value is -0.190. The summed E-state index contributed by atoms with van der Waals surface area (Å²) in [6, 6.07) is 0. The molecule has 0 spiro atoms. The van der Waals surface area contributed by atoms with Gasteiger partial charge >= 0.3 is 0 Å². The van der Waals surface area contributed by atoms with Gasteiger partial charge in [0.1, 0.15) is 0 Å². The van der Waals surface area contributed by atoms with Crippen molar-refractivity contribution in [1.82, 2.24) is 4.90 Å². The largest absolute Gasteiger partial charge is 0.393 e. The van der Waals surface area contributed by atoms with Crippen LogP contribution in [-0.4, -0.2) is 42.2 Å². The molecule has 0 bridgehead atoms. The first-order chi connectivity index (χ1) is 6.22. The third-order valence-electron chi connectivity index (χ3n) is 2.35. The monoisotopic (exact) mass is 202 g/mol. The summed E-state index contributed by atoms with van der Waals surface area (Å²) in [6.07, 6.45) is 2.31. The minimum Gasteiger partial charge on any atom is -0.393 e. The number of hydrogen-bond donors (Lipinski definition) is 1. The SMILES string of the molecule is CCC1CN(CCC(N)=S)CCO1. The van der Waals surface area contributed by atoms with Crippen LogP contribution in [0, 0.1) is 0 Å². The van der Waals surface area contributed by atoms with E-state index in [2.05, 4.69) is 11.8 Å². The molecule has 0 radical (unpaired) electrons. The van der Waals surface area contributed by atoms with Crippen molar-refractivity contribution in [2.24, 2.45) is 5.73 Å². The van der Waals surface area contributed by atoms with Crippen LogP contribution in [0.15, 0.2) is 0 Å². The summed E-state index contributed by atoms with van der Waals surface area (Å²) in [7, 11) is 0. The van der Waals surface area contributed by atoms with Crippen LogP contribution in [0.2, 0.25) is 0 Å². The molecule has 2 N–H and O–H groups in total. The van der Waals surface area contributed by atoms with Gasteiger partial charge in [-0.1, -0.05) is 19.1 Å². The van der Waals surface area contributed by atoms with Gasteiger partial charge in [-0.05, 0) is 6.42 Å². The summed E-state index contributed by atoms with van der Waals surface area (Å²) in [5, 5.41) is 0. The molecule has 0 aromatic heterocycles. The van der Waals surface area contributed by atoms with Gasteiger partial charge in [-0.25, -0.2) is 0 Å². The van der Waals surface area contributed by atoms with Crippen LogP contribution in [0.25, 0.3) is 0 Å². The molecule has 1 aliphatic rings. The highest BCUT2D eigenvalue weighted by Crippen LogP contribution is 2.08. The fraction of sp³-hybridized carbons (Fsp3) is 0.889. The molecule has 0 aliphatic carbocycles. The normalized spacial score (nSPS) is 24.5. The first-order valence-corrected chi connectivity index (χ1v) is 5.25. The highest BCUT2D eigenvalue weighted by Gasteiger charge is 2.18. The lowest BCUT2D eigenvalue weighted by molar-refractivity contribution is -0.0286. The van der Waals surface area contributed by atoms with Crippen LogP contribution >= 0.6 is 12.2 Å². The fourth-order valence-corrected chi connectivity index (χ4v) is 1.59. The Morgan fingerprint density at radius 3 is 3.08 bits per heavy atom. The molecule has 1 heterocycles. The standard InChI is InChI=1S/C9H18N2OS/c1-2-8-7-11(5-6-12-8)4-3-9(10)13/h8H,2-7H2,1H3,(H2,10,13). The van der Waals surface area contributed by atoms with E-state index in [-0.39, 0.29) is 0 Å². The van der Waals surface area contributed by atoms with Crippen LogP contribution in [-0.2, 0) is 4.74 Å². The summed E-state index contributed by atoms with van der Waals surface area (Å²) in [4.78, 5) is 2.98. The second-order valence-corrected chi connectivity index (χ2v) is 3.94. The molecule has 0 amide bonds. The van der Waals surface area contributed by atoms with Gasteiger partial charge in [-0.2, -0.15) is 0 Å². The average molecular weight is 202 g/mol. The average Bonchev–Trinajstić information content (AvgIpc) is 2.15. The zero-order valence-corrected chi connectivity index (χ0v) is 8.98. The molecule has 1 rings (SSSR count). The second kappa shape index (κ2) is 5.52. The van der Waals surface area contributed by atoms with Crippen LogP contribution in [0.5, 0.6) is 0 Å². The van der Waals surface area contributed by atoms with Crippen molar-refractivity contribution in [2.45, 2.75) is 25.9 Å². The fourth-order valence-electron chi connectivity index (χ4n) is 1.50. The molecule has 1 aliphatic heterocycles. The maximum absolute atomic E-state index is 5.56. The van der Waals surface area contributed by atoms with Crippen molar-refractivity contribution in [3.05, 3.63) is 0 Å². The molecule has 76 valence electrons. The van der Waals surface area contributed by atoms with Gasteiger partial charge in [0, 0.05) is 26.1 Å². The quantitative estimate of drug-likeness (QED) is 0.684. The van der Waals surface area contributed by atoms with Crippen LogP contribution in [0.3, 0.4) is 0 Å². The maximum atomic E-state index is 5.56. The number of hydrogen-bond acceptors (Lipinski definition) is 3. The zero-order valence-electron chi connectivity index (χ0n) is 8.16. The Morgan fingerprint density at radius 1 is 1.69 bits per heavy atom. The Balaban J connectivity index is 2.21. The zero-order chi connectivity index (χ0) is 9.68. The van der Waals surface area contributed by atoms with Crippen molar-refractivity contribution >= 4 is 17.2 Å². The van der Waals surface area contributed by atoms with E-state index in [0.717, 1.165) is 39.1 Å². The number of nitrogens with two attached hydrogens (primary N) is 1. The van der Waals surface area contributed by atoms with Gasteiger partial charge in [0.2, 0.25) is 0 Å². The highest BCUT2D eigenvalue weighted by molar-refractivity contribution is 7.80. The Kier molecular flexibility index (Phi) is 4.62. The van der Waals surface area contributed by atoms with Crippen molar-refractivity contribution in [3.63, 3.8) is 0 Å². The van der Waals surface area contributed by atoms with Gasteiger partial charge in [-0.15, -0.1) is 0 Å². The molecule has 3 nitrogen and oxygen atoms in total. The van der Waals surface area contributed by atoms with Crippen molar-refractivity contribution in [3.8, 4) is 0 Å². The lowest BCUT2D eigenvalue weighted by Crippen LogP contribution is -2.43. The molecule has 1 fully saturated rings. The van der Waals surface area contributed by atoms with E-state index in [1.165, 1.54) is 0 Å². The minimum absolute atomic E-state index is 0.403. The summed E-state index contributed by atoms with van der Waals surface area (Å²) >= 11 is 4.84. The molecule has 0 aromatic rings. The maximum Gasteiger partial charge on any atom is 0.0740 e. The lowest BCUT2D eigenvalue weighted by atomic mass is 10.2. The summed E-state index contributed by atoms with van der Waals surface area (Å²) in [5.74, 6) is 0. The topological polar surface area (TPSA) is 38.5 Å². The van der Waals surface area contributed by atoms with Crippen molar-refractivity contribution in [1.29, 1.82) is 0 Å². The van der Waals surface area contributed by atoms with Crippen molar-refractivity contribution in [2.75, 3.05) is 26.2 Å². The van der Waals surface area contributed by atoms with E-state index in [1.54, 1.807) is 0 Å². The Morgan fingerprint density at radius 2 is 2.46 bits per heavy atom. The lowest BCUT2D eigenvalue weighted by Gasteiger charge is -2.32. The number of ether oxygens (including phenoxy) is 1. The van der Waals surface area contributed by atoms with Gasteiger partial charge in [-0.3, -0.25) is 4.90 Å². The Bertz CT molecular complexity index is 175. The molecular formula is C9H18N2OS. The number of thiocarbonyl (C=S) groups is 1. The molecule has 0 aromatic carbocycles. The molecule has 13 heavy (non-hydrogen) atoms. The first-order valence-electron chi connectivity index (χ1n) is 4.84. The highest BCUT2D eigenvalue weighted by atomic mass is 32.1. The molecule has 1 saturated heterocycles. The molecule has 1 unspecified atom stereocenters. The summed E-state index contributed by atoms with van der Waals surface area (Å²) < 4.78 is 5.56. The van der Waals surface area contributed by atoms with Gasteiger partial charge < -0.3 is 10.5 Å². The van der Waals surface area contributed by atoms with Crippen LogP contribution < -0.4 is 5.73 Å². The van der Waals surface area contributed by atoms with Gasteiger partial charge in [0.25, 0.3) is 0 Å². The summed E-state index contributed by atoms with van der Waals surface area (Å²) in [5.41, 5.74) is 5.45. The molecule has 4 heteroatoms. The van der Waals surface area contributed by atoms with E-state index in [4.69, 9.17) is 22.7 Å². The number of rotatable bonds is 4. The Labute approximate surface area is 85.2 Å². The van der Waals surface area contributed by atoms with E-state index in [0.29, 0.717) is 11.1 Å². The second-order valence-electron chi connectivity index (χ2n) is 3.42. The number of morpholine rings is 1. The third kappa shape index (κ3) is 4.02. The van der Waals surface area contributed by atoms with E-state index >= 15 is 0 Å². The van der Waals surface area contributed by atoms with Crippen LogP contribution in [0.1, 0.15) is 19.8 Å².